The minimum atomic E-state index is 0.560. The van der Waals surface area contributed by atoms with Gasteiger partial charge in [-0.25, -0.2) is 0 Å². The largest absolute Gasteiger partial charge is 0.316 e. The van der Waals surface area contributed by atoms with Crippen molar-refractivity contribution < 1.29 is 0 Å². The molecule has 2 aromatic carbocycles. The number of nitrogens with one attached hydrogen (secondary N) is 1. The van der Waals surface area contributed by atoms with E-state index in [0.717, 1.165) is 26.9 Å². The normalized spacial score (nSPS) is 10.7. The third kappa shape index (κ3) is 4.04. The summed E-state index contributed by atoms with van der Waals surface area (Å²) < 4.78 is 0. The van der Waals surface area contributed by atoms with Crippen LogP contribution in [0.1, 0.15) is 5.56 Å². The van der Waals surface area contributed by atoms with Crippen molar-refractivity contribution in [1.29, 1.82) is 0 Å². The van der Waals surface area contributed by atoms with Gasteiger partial charge in [-0.2, -0.15) is 0 Å². The lowest BCUT2D eigenvalue weighted by Crippen LogP contribution is -2.05. The van der Waals surface area contributed by atoms with Gasteiger partial charge in [0.2, 0.25) is 0 Å². The fraction of sp³-hybridized carbons (Fsp3) is 0.143. The van der Waals surface area contributed by atoms with Crippen LogP contribution in [-0.4, -0.2) is 7.05 Å². The highest BCUT2D eigenvalue weighted by molar-refractivity contribution is 7.99. The minimum Gasteiger partial charge on any atom is -0.316 e. The highest BCUT2D eigenvalue weighted by Crippen LogP contribution is 2.34. The van der Waals surface area contributed by atoms with Crippen molar-refractivity contribution in [2.45, 2.75) is 16.3 Å². The van der Waals surface area contributed by atoms with Crippen LogP contribution in [0.5, 0.6) is 0 Å². The molecule has 0 spiro atoms. The Kier molecular flexibility index (Phi) is 5.43. The lowest BCUT2D eigenvalue weighted by atomic mass is 10.2. The third-order valence-corrected chi connectivity index (χ3v) is 4.59. The van der Waals surface area contributed by atoms with E-state index in [2.05, 4.69) is 5.32 Å². The van der Waals surface area contributed by atoms with E-state index < -0.39 is 0 Å². The van der Waals surface area contributed by atoms with E-state index in [-0.39, 0.29) is 0 Å². The van der Waals surface area contributed by atoms with Gasteiger partial charge in [0.05, 0.1) is 10.0 Å². The molecule has 2 rings (SSSR count). The zero-order valence-electron chi connectivity index (χ0n) is 10.2. The van der Waals surface area contributed by atoms with E-state index in [9.17, 15) is 0 Å². The number of halogens is 3. The van der Waals surface area contributed by atoms with Crippen LogP contribution < -0.4 is 5.32 Å². The van der Waals surface area contributed by atoms with E-state index in [4.69, 9.17) is 34.8 Å². The second-order valence-corrected chi connectivity index (χ2v) is 6.33. The minimum absolute atomic E-state index is 0.560. The Balaban J connectivity index is 2.19. The summed E-state index contributed by atoms with van der Waals surface area (Å²) in [4.78, 5) is 2.11. The highest BCUT2D eigenvalue weighted by atomic mass is 35.5. The molecule has 0 radical (unpaired) electrons. The molecule has 2 aromatic rings. The van der Waals surface area contributed by atoms with Crippen molar-refractivity contribution >= 4 is 46.6 Å². The van der Waals surface area contributed by atoms with Gasteiger partial charge in [0, 0.05) is 21.4 Å². The van der Waals surface area contributed by atoms with E-state index in [0.29, 0.717) is 10.0 Å². The van der Waals surface area contributed by atoms with Crippen LogP contribution in [0.15, 0.2) is 46.2 Å². The van der Waals surface area contributed by atoms with Crippen LogP contribution in [0.2, 0.25) is 15.1 Å². The van der Waals surface area contributed by atoms with E-state index in [1.165, 1.54) is 0 Å². The fourth-order valence-electron chi connectivity index (χ4n) is 1.60. The maximum Gasteiger partial charge on any atom is 0.0603 e. The maximum atomic E-state index is 6.23. The number of benzene rings is 2. The van der Waals surface area contributed by atoms with E-state index in [1.807, 2.05) is 37.4 Å². The SMILES string of the molecule is CNCc1ccc(Sc2ccc(Cl)c(Cl)c2)cc1Cl. The van der Waals surface area contributed by atoms with Crippen LogP contribution in [0.25, 0.3) is 0 Å². The van der Waals surface area contributed by atoms with Crippen LogP contribution in [-0.2, 0) is 6.54 Å². The fourth-order valence-corrected chi connectivity index (χ4v) is 3.17. The predicted molar refractivity (Wildman–Crippen MR) is 84.8 cm³/mol. The molecule has 0 aliphatic rings. The molecule has 100 valence electrons. The number of hydrogen-bond acceptors (Lipinski definition) is 2. The first-order valence-corrected chi connectivity index (χ1v) is 7.61. The average Bonchev–Trinajstić information content (AvgIpc) is 2.37. The summed E-state index contributed by atoms with van der Waals surface area (Å²) in [6.07, 6.45) is 0. The highest BCUT2D eigenvalue weighted by Gasteiger charge is 2.05. The van der Waals surface area contributed by atoms with Gasteiger partial charge >= 0.3 is 0 Å². The average molecular weight is 333 g/mol. The Morgan fingerprint density at radius 1 is 0.895 bits per heavy atom. The monoisotopic (exact) mass is 331 g/mol. The van der Waals surface area contributed by atoms with Gasteiger partial charge in [-0.1, -0.05) is 52.6 Å². The number of rotatable bonds is 4. The zero-order valence-corrected chi connectivity index (χ0v) is 13.3. The molecule has 0 aromatic heterocycles. The molecule has 0 heterocycles. The van der Waals surface area contributed by atoms with Gasteiger partial charge in [0.25, 0.3) is 0 Å². The maximum absolute atomic E-state index is 6.23. The Morgan fingerprint density at radius 2 is 1.53 bits per heavy atom. The molecule has 5 heteroatoms. The van der Waals surface area contributed by atoms with Crippen LogP contribution in [0.4, 0.5) is 0 Å². The first kappa shape index (κ1) is 15.0. The summed E-state index contributed by atoms with van der Waals surface area (Å²) in [6, 6.07) is 11.6. The van der Waals surface area contributed by atoms with Crippen molar-refractivity contribution in [3.05, 3.63) is 57.0 Å². The van der Waals surface area contributed by atoms with Crippen LogP contribution >= 0.6 is 46.6 Å². The Labute approximate surface area is 132 Å². The summed E-state index contributed by atoms with van der Waals surface area (Å²) in [7, 11) is 1.90. The predicted octanol–water partition coefficient (Wildman–Crippen LogP) is 5.52. The van der Waals surface area contributed by atoms with Gasteiger partial charge in [-0.15, -0.1) is 0 Å². The smallest absolute Gasteiger partial charge is 0.0603 e. The molecule has 1 nitrogen and oxygen atoms in total. The Bertz CT molecular complexity index is 587. The lowest BCUT2D eigenvalue weighted by molar-refractivity contribution is 0.817. The first-order chi connectivity index (χ1) is 9.10. The van der Waals surface area contributed by atoms with Crippen molar-refractivity contribution in [2.24, 2.45) is 0 Å². The molecule has 0 saturated carbocycles. The summed E-state index contributed by atoms with van der Waals surface area (Å²) >= 11 is 19.7. The molecular formula is C14H12Cl3NS. The second-order valence-electron chi connectivity index (χ2n) is 3.96. The molecule has 0 saturated heterocycles. The summed E-state index contributed by atoms with van der Waals surface area (Å²) in [5, 5.41) is 4.97. The zero-order chi connectivity index (χ0) is 13.8. The van der Waals surface area contributed by atoms with Crippen molar-refractivity contribution in [1.82, 2.24) is 5.32 Å². The van der Waals surface area contributed by atoms with Gasteiger partial charge in [0.1, 0.15) is 0 Å². The molecule has 0 atom stereocenters. The summed E-state index contributed by atoms with van der Waals surface area (Å²) in [5.41, 5.74) is 1.09. The first-order valence-electron chi connectivity index (χ1n) is 5.66. The summed E-state index contributed by atoms with van der Waals surface area (Å²) in [5.74, 6) is 0. The molecule has 0 unspecified atom stereocenters. The second kappa shape index (κ2) is 6.87. The molecule has 1 N–H and O–H groups in total. The van der Waals surface area contributed by atoms with Crippen molar-refractivity contribution in [3.8, 4) is 0 Å². The molecule has 0 aliphatic carbocycles. The quantitative estimate of drug-likeness (QED) is 0.791. The van der Waals surface area contributed by atoms with Gasteiger partial charge in [-0.05, 0) is 42.9 Å². The summed E-state index contributed by atoms with van der Waals surface area (Å²) in [6.45, 7) is 0.760. The van der Waals surface area contributed by atoms with Crippen molar-refractivity contribution in [2.75, 3.05) is 7.05 Å². The van der Waals surface area contributed by atoms with Crippen LogP contribution in [0.3, 0.4) is 0 Å². The van der Waals surface area contributed by atoms with Crippen LogP contribution in [0, 0.1) is 0 Å². The lowest BCUT2D eigenvalue weighted by Gasteiger charge is -2.07. The molecule has 0 amide bonds. The van der Waals surface area contributed by atoms with Crippen molar-refractivity contribution in [3.63, 3.8) is 0 Å². The molecule has 0 bridgehead atoms. The molecule has 19 heavy (non-hydrogen) atoms. The standard InChI is InChI=1S/C14H12Cl3NS/c1-18-8-9-2-3-10(6-13(9)16)19-11-4-5-12(15)14(17)7-11/h2-7,18H,8H2,1H3. The topological polar surface area (TPSA) is 12.0 Å². The number of hydrogen-bond donors (Lipinski definition) is 1. The van der Waals surface area contributed by atoms with Gasteiger partial charge in [-0.3, -0.25) is 0 Å². The Morgan fingerprint density at radius 3 is 2.11 bits per heavy atom. The third-order valence-electron chi connectivity index (χ3n) is 2.52. The molecular weight excluding hydrogens is 321 g/mol. The van der Waals surface area contributed by atoms with E-state index in [1.54, 1.807) is 17.8 Å². The van der Waals surface area contributed by atoms with Gasteiger partial charge < -0.3 is 5.32 Å². The van der Waals surface area contributed by atoms with Gasteiger partial charge in [0.15, 0.2) is 0 Å². The molecule has 0 aliphatic heterocycles. The van der Waals surface area contributed by atoms with E-state index >= 15 is 0 Å². The molecule has 0 fully saturated rings. The Hall–Kier alpha value is -0.380.